The normalized spacial score (nSPS) is 23.9. The summed E-state index contributed by atoms with van der Waals surface area (Å²) in [5, 5.41) is 12.2. The van der Waals surface area contributed by atoms with E-state index in [1.165, 1.54) is 12.8 Å². The van der Waals surface area contributed by atoms with Crippen molar-refractivity contribution in [2.75, 3.05) is 13.1 Å². The van der Waals surface area contributed by atoms with Gasteiger partial charge < -0.3 is 15.3 Å². The number of rotatable bonds is 2. The van der Waals surface area contributed by atoms with Gasteiger partial charge in [0.2, 0.25) is 0 Å². The zero-order chi connectivity index (χ0) is 13.2. The Morgan fingerprint density at radius 3 is 2.28 bits per heavy atom. The van der Waals surface area contributed by atoms with Gasteiger partial charge in [0.25, 0.3) is 0 Å². The Labute approximate surface area is 108 Å². The SMILES string of the molecule is CC1(C(=O)O)CCN(C(=O)NC2CCCC2)CC1. The molecule has 2 fully saturated rings. The van der Waals surface area contributed by atoms with Gasteiger partial charge in [-0.3, -0.25) is 4.79 Å². The van der Waals surface area contributed by atoms with Crippen LogP contribution < -0.4 is 5.32 Å². The van der Waals surface area contributed by atoms with Gasteiger partial charge in [-0.1, -0.05) is 12.8 Å². The maximum Gasteiger partial charge on any atom is 0.317 e. The monoisotopic (exact) mass is 254 g/mol. The van der Waals surface area contributed by atoms with Crippen molar-refractivity contribution in [2.24, 2.45) is 5.41 Å². The first kappa shape index (κ1) is 13.2. The maximum atomic E-state index is 12.0. The summed E-state index contributed by atoms with van der Waals surface area (Å²) in [7, 11) is 0. The van der Waals surface area contributed by atoms with Gasteiger partial charge >= 0.3 is 12.0 Å². The van der Waals surface area contributed by atoms with Gasteiger partial charge in [-0.15, -0.1) is 0 Å². The molecule has 1 saturated carbocycles. The third kappa shape index (κ3) is 2.76. The minimum Gasteiger partial charge on any atom is -0.481 e. The molecule has 102 valence electrons. The fourth-order valence-electron chi connectivity index (χ4n) is 2.75. The Morgan fingerprint density at radius 1 is 1.22 bits per heavy atom. The minimum atomic E-state index is -0.752. The molecule has 5 nitrogen and oxygen atoms in total. The van der Waals surface area contributed by atoms with Crippen LogP contribution in [0.4, 0.5) is 4.79 Å². The van der Waals surface area contributed by atoms with Crippen LogP contribution in [0.5, 0.6) is 0 Å². The first-order chi connectivity index (χ1) is 8.51. The summed E-state index contributed by atoms with van der Waals surface area (Å²) in [6.45, 7) is 2.85. The van der Waals surface area contributed by atoms with Gasteiger partial charge in [-0.05, 0) is 32.6 Å². The highest BCUT2D eigenvalue weighted by atomic mass is 16.4. The molecule has 2 aliphatic rings. The largest absolute Gasteiger partial charge is 0.481 e. The van der Waals surface area contributed by atoms with Crippen LogP contribution in [0.2, 0.25) is 0 Å². The first-order valence-corrected chi connectivity index (χ1v) is 6.80. The van der Waals surface area contributed by atoms with Gasteiger partial charge in [-0.25, -0.2) is 4.79 Å². The molecule has 0 bridgehead atoms. The lowest BCUT2D eigenvalue weighted by Gasteiger charge is -2.36. The fraction of sp³-hybridized carbons (Fsp3) is 0.846. The van der Waals surface area contributed by atoms with Crippen LogP contribution in [0.25, 0.3) is 0 Å². The van der Waals surface area contributed by atoms with Gasteiger partial charge in [0.05, 0.1) is 5.41 Å². The summed E-state index contributed by atoms with van der Waals surface area (Å²) in [5.74, 6) is -0.752. The van der Waals surface area contributed by atoms with E-state index in [1.807, 2.05) is 0 Å². The molecule has 1 heterocycles. The number of carbonyl (C=O) groups excluding carboxylic acids is 1. The molecule has 1 saturated heterocycles. The van der Waals surface area contributed by atoms with Crippen molar-refractivity contribution < 1.29 is 14.7 Å². The quantitative estimate of drug-likeness (QED) is 0.789. The van der Waals surface area contributed by atoms with Crippen LogP contribution in [-0.2, 0) is 4.79 Å². The molecule has 0 radical (unpaired) electrons. The zero-order valence-electron chi connectivity index (χ0n) is 10.9. The van der Waals surface area contributed by atoms with E-state index in [0.29, 0.717) is 32.0 Å². The summed E-state index contributed by atoms with van der Waals surface area (Å²) in [5.41, 5.74) is -0.663. The Morgan fingerprint density at radius 2 is 1.78 bits per heavy atom. The van der Waals surface area contributed by atoms with Crippen LogP contribution in [-0.4, -0.2) is 41.1 Å². The predicted octanol–water partition coefficient (Wildman–Crippen LogP) is 1.83. The lowest BCUT2D eigenvalue weighted by Crippen LogP contribution is -2.50. The molecule has 1 aliphatic heterocycles. The number of carboxylic acids is 1. The van der Waals surface area contributed by atoms with Crippen molar-refractivity contribution >= 4 is 12.0 Å². The molecule has 2 rings (SSSR count). The van der Waals surface area contributed by atoms with E-state index in [2.05, 4.69) is 5.32 Å². The number of piperidine rings is 1. The summed E-state index contributed by atoms with van der Waals surface area (Å²) in [4.78, 5) is 24.9. The minimum absolute atomic E-state index is 0.0191. The molecule has 0 aromatic carbocycles. The van der Waals surface area contributed by atoms with E-state index < -0.39 is 11.4 Å². The molecule has 0 atom stereocenters. The number of aliphatic carboxylic acids is 1. The van der Waals surface area contributed by atoms with Crippen molar-refractivity contribution in [3.63, 3.8) is 0 Å². The van der Waals surface area contributed by atoms with Crippen molar-refractivity contribution in [1.82, 2.24) is 10.2 Å². The lowest BCUT2D eigenvalue weighted by molar-refractivity contribution is -0.150. The fourth-order valence-corrected chi connectivity index (χ4v) is 2.75. The van der Waals surface area contributed by atoms with Crippen LogP contribution in [0, 0.1) is 5.41 Å². The van der Waals surface area contributed by atoms with E-state index >= 15 is 0 Å². The Bertz CT molecular complexity index is 329. The number of hydrogen-bond acceptors (Lipinski definition) is 2. The predicted molar refractivity (Wildman–Crippen MR) is 67.3 cm³/mol. The summed E-state index contributed by atoms with van der Waals surface area (Å²) in [6, 6.07) is 0.305. The Kier molecular flexibility index (Phi) is 3.78. The number of carboxylic acid groups (broad SMARTS) is 1. The van der Waals surface area contributed by atoms with E-state index in [1.54, 1.807) is 11.8 Å². The molecular weight excluding hydrogens is 232 g/mol. The number of carbonyl (C=O) groups is 2. The number of urea groups is 1. The van der Waals surface area contributed by atoms with Crippen molar-refractivity contribution in [2.45, 2.75) is 51.5 Å². The van der Waals surface area contributed by atoms with E-state index in [4.69, 9.17) is 5.11 Å². The zero-order valence-corrected chi connectivity index (χ0v) is 10.9. The number of nitrogens with one attached hydrogen (secondary N) is 1. The molecule has 0 spiro atoms. The standard InChI is InChI=1S/C13H22N2O3/c1-13(11(16)17)6-8-15(9-7-13)12(18)14-10-4-2-3-5-10/h10H,2-9H2,1H3,(H,14,18)(H,16,17). The number of amides is 2. The lowest BCUT2D eigenvalue weighted by atomic mass is 9.80. The molecule has 0 aromatic rings. The number of hydrogen-bond donors (Lipinski definition) is 2. The van der Waals surface area contributed by atoms with Crippen molar-refractivity contribution in [3.05, 3.63) is 0 Å². The third-order valence-electron chi connectivity index (χ3n) is 4.35. The molecule has 2 amide bonds. The summed E-state index contributed by atoms with van der Waals surface area (Å²) in [6.07, 6.45) is 5.63. The van der Waals surface area contributed by atoms with Crippen molar-refractivity contribution in [1.29, 1.82) is 0 Å². The van der Waals surface area contributed by atoms with E-state index in [0.717, 1.165) is 12.8 Å². The third-order valence-corrected chi connectivity index (χ3v) is 4.35. The first-order valence-electron chi connectivity index (χ1n) is 6.80. The molecule has 1 aliphatic carbocycles. The van der Waals surface area contributed by atoms with Gasteiger partial charge in [0, 0.05) is 19.1 Å². The second-order valence-electron chi connectivity index (χ2n) is 5.78. The highest BCUT2D eigenvalue weighted by Gasteiger charge is 2.38. The second kappa shape index (κ2) is 5.16. The van der Waals surface area contributed by atoms with E-state index in [-0.39, 0.29) is 6.03 Å². The average molecular weight is 254 g/mol. The molecule has 0 unspecified atom stereocenters. The van der Waals surface area contributed by atoms with Crippen LogP contribution >= 0.6 is 0 Å². The van der Waals surface area contributed by atoms with Crippen LogP contribution in [0.3, 0.4) is 0 Å². The highest BCUT2D eigenvalue weighted by Crippen LogP contribution is 2.31. The molecule has 0 aromatic heterocycles. The second-order valence-corrected chi connectivity index (χ2v) is 5.78. The highest BCUT2D eigenvalue weighted by molar-refractivity contribution is 5.77. The molecule has 18 heavy (non-hydrogen) atoms. The summed E-state index contributed by atoms with van der Waals surface area (Å²) < 4.78 is 0. The van der Waals surface area contributed by atoms with Gasteiger partial charge in [0.1, 0.15) is 0 Å². The molecule has 2 N–H and O–H groups in total. The number of likely N-dealkylation sites (tertiary alicyclic amines) is 1. The summed E-state index contributed by atoms with van der Waals surface area (Å²) >= 11 is 0. The number of nitrogens with zero attached hydrogens (tertiary/aromatic N) is 1. The van der Waals surface area contributed by atoms with Crippen LogP contribution in [0.1, 0.15) is 45.4 Å². The van der Waals surface area contributed by atoms with Gasteiger partial charge in [0.15, 0.2) is 0 Å². The van der Waals surface area contributed by atoms with Crippen molar-refractivity contribution in [3.8, 4) is 0 Å². The van der Waals surface area contributed by atoms with Gasteiger partial charge in [-0.2, -0.15) is 0 Å². The molecular formula is C13H22N2O3. The smallest absolute Gasteiger partial charge is 0.317 e. The van der Waals surface area contributed by atoms with Crippen LogP contribution in [0.15, 0.2) is 0 Å². The Hall–Kier alpha value is -1.26. The average Bonchev–Trinajstić information content (AvgIpc) is 2.82. The topological polar surface area (TPSA) is 69.6 Å². The maximum absolute atomic E-state index is 12.0. The van der Waals surface area contributed by atoms with E-state index in [9.17, 15) is 9.59 Å². The molecule has 5 heteroatoms. The Balaban J connectivity index is 1.81.